The zero-order valence-electron chi connectivity index (χ0n) is 12.6. The average Bonchev–Trinajstić information content (AvgIpc) is 2.49. The van der Waals surface area contributed by atoms with Crippen molar-refractivity contribution in [3.8, 4) is 5.75 Å². The van der Waals surface area contributed by atoms with Gasteiger partial charge in [-0.25, -0.2) is 0 Å². The van der Waals surface area contributed by atoms with E-state index in [1.54, 1.807) is 0 Å². The van der Waals surface area contributed by atoms with Crippen LogP contribution in [0, 0.1) is 6.92 Å². The summed E-state index contributed by atoms with van der Waals surface area (Å²) in [4.78, 5) is 0. The van der Waals surface area contributed by atoms with Gasteiger partial charge >= 0.3 is 0 Å². The summed E-state index contributed by atoms with van der Waals surface area (Å²) >= 11 is 11.4. The van der Waals surface area contributed by atoms with Crippen molar-refractivity contribution in [3.05, 3.63) is 59.1 Å². The van der Waals surface area contributed by atoms with Gasteiger partial charge in [0.15, 0.2) is 5.11 Å². The predicted molar refractivity (Wildman–Crippen MR) is 96.9 cm³/mol. The molecule has 116 valence electrons. The SMILES string of the molecule is Cc1ccccc1OC[C@@H](C)NC(=S)Nc1ccccc1Cl. The number of rotatable bonds is 5. The summed E-state index contributed by atoms with van der Waals surface area (Å²) in [6, 6.07) is 15.5. The molecule has 0 aromatic heterocycles. The fourth-order valence-corrected chi connectivity index (χ4v) is 2.41. The van der Waals surface area contributed by atoms with Gasteiger partial charge in [-0.05, 0) is 49.8 Å². The first-order valence-corrected chi connectivity index (χ1v) is 7.85. The molecule has 0 aliphatic heterocycles. The highest BCUT2D eigenvalue weighted by atomic mass is 35.5. The number of nitrogens with one attached hydrogen (secondary N) is 2. The minimum Gasteiger partial charge on any atom is -0.491 e. The minimum atomic E-state index is 0.0714. The van der Waals surface area contributed by atoms with Crippen molar-refractivity contribution < 1.29 is 4.74 Å². The van der Waals surface area contributed by atoms with E-state index in [2.05, 4.69) is 10.6 Å². The van der Waals surface area contributed by atoms with Crippen molar-refractivity contribution in [1.29, 1.82) is 0 Å². The van der Waals surface area contributed by atoms with Crippen LogP contribution in [0.4, 0.5) is 5.69 Å². The number of halogens is 1. The normalized spacial score (nSPS) is 11.6. The van der Waals surface area contributed by atoms with Crippen molar-refractivity contribution in [1.82, 2.24) is 5.32 Å². The van der Waals surface area contributed by atoms with Crippen LogP contribution in [0.1, 0.15) is 12.5 Å². The number of hydrogen-bond acceptors (Lipinski definition) is 2. The maximum Gasteiger partial charge on any atom is 0.171 e. The van der Waals surface area contributed by atoms with Crippen LogP contribution in [0.5, 0.6) is 5.75 Å². The highest BCUT2D eigenvalue weighted by molar-refractivity contribution is 7.80. The molecule has 0 heterocycles. The molecule has 0 aliphatic carbocycles. The molecule has 0 saturated heterocycles. The molecule has 0 spiro atoms. The molecule has 0 radical (unpaired) electrons. The third-order valence-electron chi connectivity index (χ3n) is 3.08. The number of para-hydroxylation sites is 2. The molecule has 2 aromatic carbocycles. The summed E-state index contributed by atoms with van der Waals surface area (Å²) in [6.07, 6.45) is 0. The number of anilines is 1. The van der Waals surface area contributed by atoms with E-state index in [1.165, 1.54) is 0 Å². The Kier molecular flexibility index (Phi) is 6.04. The van der Waals surface area contributed by atoms with Gasteiger partial charge in [-0.2, -0.15) is 0 Å². The second-order valence-corrected chi connectivity index (χ2v) is 5.87. The van der Waals surface area contributed by atoms with Gasteiger partial charge in [-0.1, -0.05) is 41.9 Å². The van der Waals surface area contributed by atoms with E-state index < -0.39 is 0 Å². The zero-order valence-corrected chi connectivity index (χ0v) is 14.2. The van der Waals surface area contributed by atoms with Crippen molar-refractivity contribution in [2.24, 2.45) is 0 Å². The lowest BCUT2D eigenvalue weighted by atomic mass is 10.2. The number of ether oxygens (including phenoxy) is 1. The summed E-state index contributed by atoms with van der Waals surface area (Å²) in [5.74, 6) is 0.890. The monoisotopic (exact) mass is 334 g/mol. The molecular formula is C17H19ClN2OS. The second kappa shape index (κ2) is 8.01. The fourth-order valence-electron chi connectivity index (χ4n) is 1.92. The van der Waals surface area contributed by atoms with Gasteiger partial charge in [0.05, 0.1) is 16.8 Å². The molecule has 0 fully saturated rings. The molecule has 2 aromatic rings. The lowest BCUT2D eigenvalue weighted by molar-refractivity contribution is 0.285. The Bertz CT molecular complexity index is 648. The van der Waals surface area contributed by atoms with Crippen LogP contribution in [0.2, 0.25) is 5.02 Å². The molecule has 0 unspecified atom stereocenters. The maximum absolute atomic E-state index is 6.09. The van der Waals surface area contributed by atoms with Crippen LogP contribution >= 0.6 is 23.8 Å². The van der Waals surface area contributed by atoms with E-state index in [-0.39, 0.29) is 6.04 Å². The van der Waals surface area contributed by atoms with Gasteiger partial charge in [0.2, 0.25) is 0 Å². The molecular weight excluding hydrogens is 316 g/mol. The predicted octanol–water partition coefficient (Wildman–Crippen LogP) is 4.40. The Hall–Kier alpha value is -1.78. The van der Waals surface area contributed by atoms with Crippen LogP contribution in [-0.4, -0.2) is 17.8 Å². The molecule has 0 aliphatic rings. The second-order valence-electron chi connectivity index (χ2n) is 5.06. The molecule has 22 heavy (non-hydrogen) atoms. The largest absolute Gasteiger partial charge is 0.491 e. The van der Waals surface area contributed by atoms with Gasteiger partial charge in [-0.15, -0.1) is 0 Å². The van der Waals surface area contributed by atoms with Crippen molar-refractivity contribution >= 4 is 34.6 Å². The van der Waals surface area contributed by atoms with Gasteiger partial charge in [0.25, 0.3) is 0 Å². The Labute approximate surface area is 141 Å². The lowest BCUT2D eigenvalue weighted by Gasteiger charge is -2.18. The summed E-state index contributed by atoms with van der Waals surface area (Å²) in [5, 5.41) is 7.42. The third-order valence-corrected chi connectivity index (χ3v) is 3.63. The van der Waals surface area contributed by atoms with E-state index in [9.17, 15) is 0 Å². The van der Waals surface area contributed by atoms with Crippen LogP contribution < -0.4 is 15.4 Å². The highest BCUT2D eigenvalue weighted by Gasteiger charge is 2.07. The van der Waals surface area contributed by atoms with Crippen LogP contribution in [0.3, 0.4) is 0 Å². The number of benzene rings is 2. The van der Waals surface area contributed by atoms with Gasteiger partial charge in [0.1, 0.15) is 12.4 Å². The van der Waals surface area contributed by atoms with Gasteiger partial charge in [-0.3, -0.25) is 0 Å². The van der Waals surface area contributed by atoms with E-state index >= 15 is 0 Å². The molecule has 0 bridgehead atoms. The topological polar surface area (TPSA) is 33.3 Å². The Balaban J connectivity index is 1.82. The van der Waals surface area contributed by atoms with Gasteiger partial charge in [0, 0.05) is 0 Å². The first kappa shape index (κ1) is 16.6. The molecule has 5 heteroatoms. The van der Waals surface area contributed by atoms with Crippen LogP contribution in [-0.2, 0) is 0 Å². The minimum absolute atomic E-state index is 0.0714. The Morgan fingerprint density at radius 1 is 1.18 bits per heavy atom. The van der Waals surface area contributed by atoms with E-state index in [4.69, 9.17) is 28.6 Å². The van der Waals surface area contributed by atoms with E-state index in [0.717, 1.165) is 17.0 Å². The number of hydrogen-bond donors (Lipinski definition) is 2. The first-order chi connectivity index (χ1) is 10.6. The number of thiocarbonyl (C=S) groups is 1. The smallest absolute Gasteiger partial charge is 0.171 e. The van der Waals surface area contributed by atoms with Crippen LogP contribution in [0.15, 0.2) is 48.5 Å². The Morgan fingerprint density at radius 2 is 1.86 bits per heavy atom. The van der Waals surface area contributed by atoms with Crippen molar-refractivity contribution in [3.63, 3.8) is 0 Å². The first-order valence-electron chi connectivity index (χ1n) is 7.06. The third kappa shape index (κ3) is 4.90. The Morgan fingerprint density at radius 3 is 2.59 bits per heavy atom. The molecule has 1 atom stereocenters. The summed E-state index contributed by atoms with van der Waals surface area (Å²) in [6.45, 7) is 4.56. The maximum atomic E-state index is 6.09. The quantitative estimate of drug-likeness (QED) is 0.794. The average molecular weight is 335 g/mol. The van der Waals surface area contributed by atoms with Crippen LogP contribution in [0.25, 0.3) is 0 Å². The standard InChI is InChI=1S/C17H19ClN2OS/c1-12-7-3-6-10-16(12)21-11-13(2)19-17(22)20-15-9-5-4-8-14(15)18/h3-10,13H,11H2,1-2H3,(H2,19,20,22)/t13-/m1/s1. The highest BCUT2D eigenvalue weighted by Crippen LogP contribution is 2.20. The summed E-state index contributed by atoms with van der Waals surface area (Å²) < 4.78 is 5.80. The molecule has 0 saturated carbocycles. The number of aryl methyl sites for hydroxylation is 1. The summed E-state index contributed by atoms with van der Waals surface area (Å²) in [7, 11) is 0. The van der Waals surface area contributed by atoms with Gasteiger partial charge < -0.3 is 15.4 Å². The van der Waals surface area contributed by atoms with E-state index in [0.29, 0.717) is 16.7 Å². The molecule has 3 nitrogen and oxygen atoms in total. The lowest BCUT2D eigenvalue weighted by Crippen LogP contribution is -2.39. The molecule has 0 amide bonds. The molecule has 2 rings (SSSR count). The van der Waals surface area contributed by atoms with Crippen molar-refractivity contribution in [2.75, 3.05) is 11.9 Å². The fraction of sp³-hybridized carbons (Fsp3) is 0.235. The summed E-state index contributed by atoms with van der Waals surface area (Å²) in [5.41, 5.74) is 1.90. The zero-order chi connectivity index (χ0) is 15.9. The molecule has 2 N–H and O–H groups in total. The van der Waals surface area contributed by atoms with E-state index in [1.807, 2.05) is 62.4 Å². The van der Waals surface area contributed by atoms with Crippen molar-refractivity contribution in [2.45, 2.75) is 19.9 Å².